The number of rotatable bonds is 5. The number of H-pyrrole nitrogens is 1. The topological polar surface area (TPSA) is 57.8 Å². The van der Waals surface area contributed by atoms with Crippen LogP contribution in [-0.4, -0.2) is 22.4 Å². The highest BCUT2D eigenvalue weighted by Gasteiger charge is 2.42. The van der Waals surface area contributed by atoms with E-state index in [1.165, 1.54) is 0 Å². The molecule has 1 amide bonds. The summed E-state index contributed by atoms with van der Waals surface area (Å²) in [6.07, 6.45) is 8.41. The van der Waals surface area contributed by atoms with Crippen LogP contribution >= 0.6 is 0 Å². The molecule has 3 rings (SSSR count). The predicted molar refractivity (Wildman–Crippen MR) is 81.9 cm³/mol. The maximum Gasteiger partial charge on any atom is 0.230 e. The van der Waals surface area contributed by atoms with E-state index in [1.54, 1.807) is 12.5 Å². The molecule has 110 valence electrons. The smallest absolute Gasteiger partial charge is 0.230 e. The molecule has 2 N–H and O–H groups in total. The van der Waals surface area contributed by atoms with E-state index in [9.17, 15) is 4.79 Å². The molecule has 0 atom stereocenters. The van der Waals surface area contributed by atoms with Gasteiger partial charge >= 0.3 is 0 Å². The second kappa shape index (κ2) is 6.12. The number of nitrogens with one attached hydrogen (secondary N) is 2. The number of aromatic amines is 1. The first-order valence-corrected chi connectivity index (χ1v) is 7.62. The van der Waals surface area contributed by atoms with Gasteiger partial charge in [-0.2, -0.15) is 0 Å². The van der Waals surface area contributed by atoms with Gasteiger partial charge in [-0.05, 0) is 18.4 Å². The molecule has 1 heterocycles. The van der Waals surface area contributed by atoms with E-state index in [1.807, 2.05) is 18.2 Å². The van der Waals surface area contributed by atoms with Crippen LogP contribution in [0.1, 0.15) is 36.9 Å². The molecule has 1 aromatic carbocycles. The van der Waals surface area contributed by atoms with Crippen molar-refractivity contribution in [3.63, 3.8) is 0 Å². The lowest BCUT2D eigenvalue weighted by atomic mass is 9.78. The van der Waals surface area contributed by atoms with Crippen molar-refractivity contribution >= 4 is 5.91 Å². The van der Waals surface area contributed by atoms with Crippen LogP contribution < -0.4 is 5.32 Å². The van der Waals surface area contributed by atoms with Crippen molar-refractivity contribution in [3.05, 3.63) is 54.1 Å². The molecule has 0 unspecified atom stereocenters. The van der Waals surface area contributed by atoms with Crippen molar-refractivity contribution in [1.82, 2.24) is 15.3 Å². The Morgan fingerprint density at radius 3 is 2.67 bits per heavy atom. The Kier molecular flexibility index (Phi) is 4.04. The number of amides is 1. The van der Waals surface area contributed by atoms with Crippen LogP contribution in [0.15, 0.2) is 42.9 Å². The van der Waals surface area contributed by atoms with Gasteiger partial charge in [0.15, 0.2) is 0 Å². The third-order valence-electron chi connectivity index (χ3n) is 4.45. The lowest BCUT2D eigenvalue weighted by molar-refractivity contribution is -0.126. The van der Waals surface area contributed by atoms with Gasteiger partial charge in [-0.15, -0.1) is 0 Å². The van der Waals surface area contributed by atoms with E-state index in [0.29, 0.717) is 6.54 Å². The summed E-state index contributed by atoms with van der Waals surface area (Å²) in [6, 6.07) is 10.2. The quantitative estimate of drug-likeness (QED) is 0.886. The second-order valence-corrected chi connectivity index (χ2v) is 5.74. The molecule has 1 aliphatic carbocycles. The van der Waals surface area contributed by atoms with E-state index in [4.69, 9.17) is 0 Å². The molecular weight excluding hydrogens is 262 g/mol. The van der Waals surface area contributed by atoms with Crippen LogP contribution in [0.5, 0.6) is 0 Å². The van der Waals surface area contributed by atoms with Crippen molar-refractivity contribution in [2.45, 2.75) is 37.5 Å². The highest BCUT2D eigenvalue weighted by atomic mass is 16.2. The van der Waals surface area contributed by atoms with E-state index in [0.717, 1.165) is 43.4 Å². The van der Waals surface area contributed by atoms with Gasteiger partial charge in [-0.25, -0.2) is 4.98 Å². The zero-order chi connectivity index (χ0) is 14.5. The summed E-state index contributed by atoms with van der Waals surface area (Å²) in [5.74, 6) is 0.172. The number of aromatic nitrogens is 2. The highest BCUT2D eigenvalue weighted by Crippen LogP contribution is 2.41. The van der Waals surface area contributed by atoms with Gasteiger partial charge in [0.2, 0.25) is 5.91 Å². The lowest BCUT2D eigenvalue weighted by Gasteiger charge is -2.28. The number of hydrogen-bond acceptors (Lipinski definition) is 2. The van der Waals surface area contributed by atoms with Crippen LogP contribution in [0.25, 0.3) is 0 Å². The Balaban J connectivity index is 1.68. The van der Waals surface area contributed by atoms with Crippen molar-refractivity contribution in [2.75, 3.05) is 6.54 Å². The largest absolute Gasteiger partial charge is 0.355 e. The Hall–Kier alpha value is -2.10. The molecule has 0 spiro atoms. The Morgan fingerprint density at radius 2 is 2.00 bits per heavy atom. The Bertz CT molecular complexity index is 571. The van der Waals surface area contributed by atoms with Crippen LogP contribution in [0, 0.1) is 0 Å². The van der Waals surface area contributed by atoms with Gasteiger partial charge in [0.05, 0.1) is 11.7 Å². The van der Waals surface area contributed by atoms with Crippen LogP contribution in [0.4, 0.5) is 0 Å². The fourth-order valence-corrected chi connectivity index (χ4v) is 3.28. The summed E-state index contributed by atoms with van der Waals surface area (Å²) in [5.41, 5.74) is 1.88. The van der Waals surface area contributed by atoms with Crippen molar-refractivity contribution in [1.29, 1.82) is 0 Å². The number of benzene rings is 1. The van der Waals surface area contributed by atoms with Gasteiger partial charge < -0.3 is 10.3 Å². The molecule has 2 aromatic rings. The van der Waals surface area contributed by atoms with Gasteiger partial charge in [0, 0.05) is 24.9 Å². The van der Waals surface area contributed by atoms with Gasteiger partial charge in [0.25, 0.3) is 0 Å². The highest BCUT2D eigenvalue weighted by molar-refractivity contribution is 5.88. The number of hydrogen-bond donors (Lipinski definition) is 2. The molecule has 0 bridgehead atoms. The van der Waals surface area contributed by atoms with E-state index in [2.05, 4.69) is 27.4 Å². The van der Waals surface area contributed by atoms with Crippen molar-refractivity contribution in [2.24, 2.45) is 0 Å². The fourth-order valence-electron chi connectivity index (χ4n) is 3.28. The number of imidazole rings is 1. The zero-order valence-electron chi connectivity index (χ0n) is 12.1. The second-order valence-electron chi connectivity index (χ2n) is 5.74. The number of carbonyl (C=O) groups is 1. The first-order chi connectivity index (χ1) is 10.3. The molecule has 0 radical (unpaired) electrons. The van der Waals surface area contributed by atoms with Crippen molar-refractivity contribution in [3.8, 4) is 0 Å². The number of carbonyl (C=O) groups excluding carboxylic acids is 1. The van der Waals surface area contributed by atoms with Gasteiger partial charge in [-0.3, -0.25) is 4.79 Å². The van der Waals surface area contributed by atoms with Gasteiger partial charge in [0.1, 0.15) is 0 Å². The molecule has 1 aliphatic rings. The summed E-state index contributed by atoms with van der Waals surface area (Å²) < 4.78 is 0. The molecule has 1 saturated carbocycles. The minimum absolute atomic E-state index is 0.172. The summed E-state index contributed by atoms with van der Waals surface area (Å²) in [7, 11) is 0. The third kappa shape index (κ3) is 2.84. The zero-order valence-corrected chi connectivity index (χ0v) is 12.1. The molecule has 0 aliphatic heterocycles. The molecule has 1 fully saturated rings. The first-order valence-electron chi connectivity index (χ1n) is 7.62. The summed E-state index contributed by atoms with van der Waals surface area (Å²) >= 11 is 0. The molecule has 21 heavy (non-hydrogen) atoms. The maximum absolute atomic E-state index is 12.8. The van der Waals surface area contributed by atoms with Crippen LogP contribution in [-0.2, 0) is 16.6 Å². The molecule has 1 aromatic heterocycles. The standard InChI is InChI=1S/C17H21N3O/c21-16(19-11-8-15-12-18-13-20-15)17(9-4-5-10-17)14-6-2-1-3-7-14/h1-3,6-7,12-13H,4-5,8-11H2,(H,18,20)(H,19,21). The summed E-state index contributed by atoms with van der Waals surface area (Å²) in [4.78, 5) is 19.8. The number of nitrogens with zero attached hydrogens (tertiary/aromatic N) is 1. The average Bonchev–Trinajstić information content (AvgIpc) is 3.20. The molecular formula is C17H21N3O. The maximum atomic E-state index is 12.8. The monoisotopic (exact) mass is 283 g/mol. The van der Waals surface area contributed by atoms with Crippen LogP contribution in [0.3, 0.4) is 0 Å². The lowest BCUT2D eigenvalue weighted by Crippen LogP contribution is -2.43. The molecule has 0 saturated heterocycles. The summed E-state index contributed by atoms with van der Waals surface area (Å²) in [6.45, 7) is 0.648. The van der Waals surface area contributed by atoms with Crippen molar-refractivity contribution < 1.29 is 4.79 Å². The average molecular weight is 283 g/mol. The van der Waals surface area contributed by atoms with Crippen LogP contribution in [0.2, 0.25) is 0 Å². The Morgan fingerprint density at radius 1 is 1.24 bits per heavy atom. The summed E-state index contributed by atoms with van der Waals surface area (Å²) in [5, 5.41) is 3.12. The van der Waals surface area contributed by atoms with Gasteiger partial charge in [-0.1, -0.05) is 43.2 Å². The fraction of sp³-hybridized carbons (Fsp3) is 0.412. The van der Waals surface area contributed by atoms with E-state index >= 15 is 0 Å². The van der Waals surface area contributed by atoms with E-state index < -0.39 is 0 Å². The third-order valence-corrected chi connectivity index (χ3v) is 4.45. The predicted octanol–water partition coefficient (Wildman–Crippen LogP) is 2.58. The minimum atomic E-state index is -0.324. The molecule has 4 heteroatoms. The first kappa shape index (κ1) is 13.9. The normalized spacial score (nSPS) is 16.8. The SMILES string of the molecule is O=C(NCCc1cnc[nH]1)C1(c2ccccc2)CCCC1. The molecule has 4 nitrogen and oxygen atoms in total. The van der Waals surface area contributed by atoms with E-state index in [-0.39, 0.29) is 11.3 Å². The minimum Gasteiger partial charge on any atom is -0.355 e. The Labute approximate surface area is 125 Å².